The van der Waals surface area contributed by atoms with E-state index in [0.717, 1.165) is 11.1 Å². The predicted molar refractivity (Wildman–Crippen MR) is 104 cm³/mol. The highest BCUT2D eigenvalue weighted by Gasteiger charge is 2.18. The molecule has 0 fully saturated rings. The zero-order valence-electron chi connectivity index (χ0n) is 15.5. The lowest BCUT2D eigenvalue weighted by Gasteiger charge is -2.13. The summed E-state index contributed by atoms with van der Waals surface area (Å²) in [6.45, 7) is 4.87. The van der Waals surface area contributed by atoms with E-state index in [4.69, 9.17) is 0 Å². The Balaban J connectivity index is 2.23. The van der Waals surface area contributed by atoms with Crippen molar-refractivity contribution in [2.24, 2.45) is 0 Å². The molecule has 1 amide bonds. The summed E-state index contributed by atoms with van der Waals surface area (Å²) < 4.78 is 27.9. The van der Waals surface area contributed by atoms with E-state index in [1.807, 2.05) is 32.0 Å². The summed E-state index contributed by atoms with van der Waals surface area (Å²) in [4.78, 5) is 14.4. The molecule has 26 heavy (non-hydrogen) atoms. The van der Waals surface area contributed by atoms with Crippen LogP contribution in [0.5, 0.6) is 0 Å². The van der Waals surface area contributed by atoms with Crippen molar-refractivity contribution in [1.29, 1.82) is 0 Å². The number of aryl methyl sites for hydroxylation is 2. The van der Waals surface area contributed by atoms with Crippen LogP contribution in [0, 0.1) is 13.8 Å². The van der Waals surface area contributed by atoms with Crippen LogP contribution < -0.4 is 10.0 Å². The van der Waals surface area contributed by atoms with E-state index in [1.54, 1.807) is 31.2 Å². The van der Waals surface area contributed by atoms with Crippen LogP contribution in [-0.4, -0.2) is 46.4 Å². The molecular formula is C19H25N3O3S. The first-order valence-electron chi connectivity index (χ1n) is 8.32. The van der Waals surface area contributed by atoms with E-state index in [1.165, 1.54) is 12.1 Å². The van der Waals surface area contributed by atoms with E-state index < -0.39 is 10.0 Å². The van der Waals surface area contributed by atoms with E-state index >= 15 is 0 Å². The van der Waals surface area contributed by atoms with Gasteiger partial charge in [-0.15, -0.1) is 0 Å². The van der Waals surface area contributed by atoms with Gasteiger partial charge in [-0.2, -0.15) is 0 Å². The smallest absolute Gasteiger partial charge is 0.261 e. The van der Waals surface area contributed by atoms with Crippen LogP contribution in [-0.2, 0) is 10.0 Å². The molecule has 0 aliphatic carbocycles. The molecule has 2 aromatic carbocycles. The van der Waals surface area contributed by atoms with Gasteiger partial charge in [-0.3, -0.25) is 9.52 Å². The number of carbonyl (C=O) groups is 1. The SMILES string of the molecule is Cc1cccc(NS(=O)(=O)c2ccc(C)c(C(=O)NCCN(C)C)c2)c1. The molecule has 0 unspecified atom stereocenters. The van der Waals surface area contributed by atoms with E-state index in [9.17, 15) is 13.2 Å². The summed E-state index contributed by atoms with van der Waals surface area (Å²) in [5.41, 5.74) is 2.52. The number of anilines is 1. The maximum absolute atomic E-state index is 12.7. The van der Waals surface area contributed by atoms with Crippen molar-refractivity contribution in [3.05, 3.63) is 59.2 Å². The third kappa shape index (κ3) is 5.31. The Morgan fingerprint density at radius 1 is 1.08 bits per heavy atom. The molecule has 7 heteroatoms. The fraction of sp³-hybridized carbons (Fsp3) is 0.316. The molecule has 0 saturated carbocycles. The first kappa shape index (κ1) is 19.9. The molecule has 0 saturated heterocycles. The minimum atomic E-state index is -3.78. The number of carbonyl (C=O) groups excluding carboxylic acids is 1. The molecule has 0 bridgehead atoms. The minimum Gasteiger partial charge on any atom is -0.351 e. The fourth-order valence-corrected chi connectivity index (χ4v) is 3.50. The molecule has 2 aromatic rings. The zero-order valence-corrected chi connectivity index (χ0v) is 16.4. The summed E-state index contributed by atoms with van der Waals surface area (Å²) in [5, 5.41) is 2.81. The lowest BCUT2D eigenvalue weighted by Crippen LogP contribution is -2.31. The molecule has 0 spiro atoms. The molecule has 0 aliphatic heterocycles. The van der Waals surface area contributed by atoms with Crippen molar-refractivity contribution in [3.8, 4) is 0 Å². The second kappa shape index (κ2) is 8.33. The van der Waals surface area contributed by atoms with E-state index in [0.29, 0.717) is 24.3 Å². The monoisotopic (exact) mass is 375 g/mol. The molecule has 0 aliphatic rings. The maximum atomic E-state index is 12.7. The van der Waals surface area contributed by atoms with Gasteiger partial charge in [-0.05, 0) is 63.3 Å². The van der Waals surface area contributed by atoms with Gasteiger partial charge in [0.25, 0.3) is 15.9 Å². The zero-order chi connectivity index (χ0) is 19.3. The second-order valence-corrected chi connectivity index (χ2v) is 8.19. The first-order valence-corrected chi connectivity index (χ1v) is 9.80. The van der Waals surface area contributed by atoms with Gasteiger partial charge >= 0.3 is 0 Å². The van der Waals surface area contributed by atoms with Crippen molar-refractivity contribution < 1.29 is 13.2 Å². The Labute approximate surface area is 155 Å². The highest BCUT2D eigenvalue weighted by atomic mass is 32.2. The van der Waals surface area contributed by atoms with E-state index in [-0.39, 0.29) is 10.8 Å². The van der Waals surface area contributed by atoms with Crippen LogP contribution in [0.2, 0.25) is 0 Å². The number of nitrogens with one attached hydrogen (secondary N) is 2. The Morgan fingerprint density at radius 2 is 1.81 bits per heavy atom. The van der Waals surface area contributed by atoms with Crippen LogP contribution in [0.3, 0.4) is 0 Å². The number of nitrogens with zero attached hydrogens (tertiary/aromatic N) is 1. The van der Waals surface area contributed by atoms with Gasteiger partial charge in [0.15, 0.2) is 0 Å². The third-order valence-corrected chi connectivity index (χ3v) is 5.26. The van der Waals surface area contributed by atoms with Crippen molar-refractivity contribution in [3.63, 3.8) is 0 Å². The van der Waals surface area contributed by atoms with Gasteiger partial charge < -0.3 is 10.2 Å². The normalized spacial score (nSPS) is 11.4. The molecule has 0 atom stereocenters. The Bertz CT molecular complexity index is 893. The number of benzene rings is 2. The Morgan fingerprint density at radius 3 is 2.46 bits per heavy atom. The van der Waals surface area contributed by atoms with Gasteiger partial charge in [-0.1, -0.05) is 18.2 Å². The van der Waals surface area contributed by atoms with Gasteiger partial charge in [0.2, 0.25) is 0 Å². The van der Waals surface area contributed by atoms with Crippen molar-refractivity contribution in [2.75, 3.05) is 31.9 Å². The predicted octanol–water partition coefficient (Wildman–Crippen LogP) is 2.40. The van der Waals surface area contributed by atoms with Crippen molar-refractivity contribution in [1.82, 2.24) is 10.2 Å². The fourth-order valence-electron chi connectivity index (χ4n) is 2.42. The maximum Gasteiger partial charge on any atom is 0.261 e. The first-order chi connectivity index (χ1) is 12.2. The molecule has 0 aromatic heterocycles. The molecule has 2 rings (SSSR count). The summed E-state index contributed by atoms with van der Waals surface area (Å²) in [6.07, 6.45) is 0. The van der Waals surface area contributed by atoms with Gasteiger partial charge in [0, 0.05) is 24.3 Å². The summed E-state index contributed by atoms with van der Waals surface area (Å²) in [6, 6.07) is 11.7. The van der Waals surface area contributed by atoms with Crippen LogP contribution in [0.25, 0.3) is 0 Å². The molecular weight excluding hydrogens is 350 g/mol. The molecule has 0 heterocycles. The topological polar surface area (TPSA) is 78.5 Å². The number of amides is 1. The van der Waals surface area contributed by atoms with Gasteiger partial charge in [0.1, 0.15) is 0 Å². The molecule has 6 nitrogen and oxygen atoms in total. The Kier molecular flexibility index (Phi) is 6.39. The molecule has 0 radical (unpaired) electrons. The summed E-state index contributed by atoms with van der Waals surface area (Å²) in [7, 11) is 0.0614. The summed E-state index contributed by atoms with van der Waals surface area (Å²) in [5.74, 6) is -0.281. The summed E-state index contributed by atoms with van der Waals surface area (Å²) >= 11 is 0. The Hall–Kier alpha value is -2.38. The second-order valence-electron chi connectivity index (χ2n) is 6.51. The number of hydrogen-bond donors (Lipinski definition) is 2. The van der Waals surface area contributed by atoms with Crippen molar-refractivity contribution >= 4 is 21.6 Å². The van der Waals surface area contributed by atoms with E-state index in [2.05, 4.69) is 10.0 Å². The van der Waals surface area contributed by atoms with Crippen LogP contribution in [0.15, 0.2) is 47.4 Å². The quantitative estimate of drug-likeness (QED) is 0.779. The average Bonchev–Trinajstić information content (AvgIpc) is 2.54. The standard InChI is InChI=1S/C19H25N3O3S/c1-14-6-5-7-16(12-14)21-26(24,25)17-9-8-15(2)18(13-17)19(23)20-10-11-22(3)4/h5-9,12-13,21H,10-11H2,1-4H3,(H,20,23). The van der Waals surface area contributed by atoms with Crippen LogP contribution in [0.4, 0.5) is 5.69 Å². The number of rotatable bonds is 7. The number of likely N-dealkylation sites (N-methyl/N-ethyl adjacent to an activating group) is 1. The minimum absolute atomic E-state index is 0.0577. The lowest BCUT2D eigenvalue weighted by atomic mass is 10.1. The highest BCUT2D eigenvalue weighted by molar-refractivity contribution is 7.92. The number of hydrogen-bond acceptors (Lipinski definition) is 4. The van der Waals surface area contributed by atoms with Gasteiger partial charge in [0.05, 0.1) is 4.90 Å². The molecule has 2 N–H and O–H groups in total. The average molecular weight is 375 g/mol. The largest absolute Gasteiger partial charge is 0.351 e. The van der Waals surface area contributed by atoms with Gasteiger partial charge in [-0.25, -0.2) is 8.42 Å². The number of sulfonamides is 1. The van der Waals surface area contributed by atoms with Crippen molar-refractivity contribution in [2.45, 2.75) is 18.7 Å². The van der Waals surface area contributed by atoms with Crippen LogP contribution in [0.1, 0.15) is 21.5 Å². The third-order valence-electron chi connectivity index (χ3n) is 3.88. The lowest BCUT2D eigenvalue weighted by molar-refractivity contribution is 0.0950. The molecule has 140 valence electrons. The highest BCUT2D eigenvalue weighted by Crippen LogP contribution is 2.20. The van der Waals surface area contributed by atoms with Crippen LogP contribution >= 0.6 is 0 Å².